The van der Waals surface area contributed by atoms with Gasteiger partial charge in [-0.2, -0.15) is 0 Å². The Hall–Kier alpha value is -0.0600. The average molecular weight is 365 g/mol. The molecule has 0 saturated carbocycles. The van der Waals surface area contributed by atoms with Gasteiger partial charge < -0.3 is 5.32 Å². The van der Waals surface area contributed by atoms with Gasteiger partial charge in [0.2, 0.25) is 0 Å². The van der Waals surface area contributed by atoms with E-state index in [-0.39, 0.29) is 6.04 Å². The number of hydrogen-bond donors (Lipinski definition) is 1. The molecule has 1 aromatic carbocycles. The second-order valence-electron chi connectivity index (χ2n) is 3.80. The number of hydrogen-bond acceptors (Lipinski definition) is 2. The van der Waals surface area contributed by atoms with E-state index in [2.05, 4.69) is 28.2 Å². The minimum atomic E-state index is 0.0908. The van der Waals surface area contributed by atoms with Gasteiger partial charge in [-0.3, -0.25) is 0 Å². The molecule has 96 valence electrons. The summed E-state index contributed by atoms with van der Waals surface area (Å²) in [7, 11) is 0. The van der Waals surface area contributed by atoms with Crippen molar-refractivity contribution in [3.63, 3.8) is 0 Å². The van der Waals surface area contributed by atoms with E-state index in [1.54, 1.807) is 11.3 Å². The summed E-state index contributed by atoms with van der Waals surface area (Å²) in [6, 6.07) is 10.00. The predicted octanol–water partition coefficient (Wildman–Crippen LogP) is 5.52. The molecule has 0 aliphatic rings. The highest BCUT2D eigenvalue weighted by Crippen LogP contribution is 2.35. The number of rotatable bonds is 4. The van der Waals surface area contributed by atoms with Gasteiger partial charge in [0, 0.05) is 14.4 Å². The van der Waals surface area contributed by atoms with Gasteiger partial charge in [-0.15, -0.1) is 11.3 Å². The Kier molecular flexibility index (Phi) is 5.10. The quantitative estimate of drug-likeness (QED) is 0.753. The fourth-order valence-corrected chi connectivity index (χ4v) is 3.73. The maximum absolute atomic E-state index is 6.32. The Morgan fingerprint density at radius 1 is 1.28 bits per heavy atom. The van der Waals surface area contributed by atoms with Crippen LogP contribution in [0, 0.1) is 0 Å². The molecule has 5 heteroatoms. The van der Waals surface area contributed by atoms with Gasteiger partial charge in [-0.05, 0) is 36.4 Å². The molecule has 0 spiro atoms. The van der Waals surface area contributed by atoms with Crippen LogP contribution in [0.5, 0.6) is 0 Å². The average Bonchev–Trinajstić information content (AvgIpc) is 2.73. The molecule has 0 radical (unpaired) electrons. The van der Waals surface area contributed by atoms with Crippen molar-refractivity contribution in [3.8, 4) is 0 Å². The van der Waals surface area contributed by atoms with Crippen LogP contribution in [0.2, 0.25) is 9.36 Å². The Balaban J connectivity index is 2.41. The maximum atomic E-state index is 6.32. The number of halogens is 3. The zero-order valence-electron chi connectivity index (χ0n) is 9.71. The summed E-state index contributed by atoms with van der Waals surface area (Å²) in [4.78, 5) is 1.17. The van der Waals surface area contributed by atoms with E-state index in [9.17, 15) is 0 Å². The fourth-order valence-electron chi connectivity index (χ4n) is 1.79. The molecule has 1 heterocycles. The molecule has 0 amide bonds. The Morgan fingerprint density at radius 2 is 2.06 bits per heavy atom. The number of thiophene rings is 1. The molecule has 1 nitrogen and oxygen atoms in total. The molecule has 1 unspecified atom stereocenters. The maximum Gasteiger partial charge on any atom is 0.0931 e. The molecule has 0 aliphatic carbocycles. The van der Waals surface area contributed by atoms with E-state index in [1.165, 1.54) is 4.88 Å². The van der Waals surface area contributed by atoms with Crippen molar-refractivity contribution in [2.45, 2.75) is 13.0 Å². The number of benzene rings is 1. The zero-order chi connectivity index (χ0) is 13.1. The molecule has 2 aromatic rings. The first-order chi connectivity index (χ1) is 8.61. The SMILES string of the molecule is CCNC(c1ccc(Cl)s1)c1ccc(Br)cc1Cl. The van der Waals surface area contributed by atoms with Crippen molar-refractivity contribution in [3.05, 3.63) is 54.6 Å². The van der Waals surface area contributed by atoms with E-state index in [0.29, 0.717) is 0 Å². The molecular weight excluding hydrogens is 353 g/mol. The Bertz CT molecular complexity index is 542. The van der Waals surface area contributed by atoms with Crippen LogP contribution in [-0.2, 0) is 0 Å². The lowest BCUT2D eigenvalue weighted by atomic mass is 10.1. The van der Waals surface area contributed by atoms with E-state index in [1.807, 2.05) is 30.3 Å². The summed E-state index contributed by atoms with van der Waals surface area (Å²) in [6.45, 7) is 2.95. The van der Waals surface area contributed by atoms with Gasteiger partial charge in [-0.1, -0.05) is 52.1 Å². The fraction of sp³-hybridized carbons (Fsp3) is 0.231. The molecule has 1 aromatic heterocycles. The van der Waals surface area contributed by atoms with E-state index >= 15 is 0 Å². The highest BCUT2D eigenvalue weighted by atomic mass is 79.9. The lowest BCUT2D eigenvalue weighted by molar-refractivity contribution is 0.640. The van der Waals surface area contributed by atoms with Gasteiger partial charge in [0.1, 0.15) is 0 Å². The van der Waals surface area contributed by atoms with Crippen LogP contribution in [0.4, 0.5) is 0 Å². The third kappa shape index (κ3) is 3.28. The van der Waals surface area contributed by atoms with Crippen LogP contribution in [0.1, 0.15) is 23.4 Å². The summed E-state index contributed by atoms with van der Waals surface area (Å²) in [5.41, 5.74) is 1.07. The van der Waals surface area contributed by atoms with Crippen LogP contribution < -0.4 is 5.32 Å². The highest BCUT2D eigenvalue weighted by Gasteiger charge is 2.17. The monoisotopic (exact) mass is 363 g/mol. The van der Waals surface area contributed by atoms with Gasteiger partial charge in [-0.25, -0.2) is 0 Å². The first-order valence-corrected chi connectivity index (χ1v) is 7.92. The van der Waals surface area contributed by atoms with Crippen LogP contribution in [0.3, 0.4) is 0 Å². The van der Waals surface area contributed by atoms with Gasteiger partial charge >= 0.3 is 0 Å². The molecule has 0 fully saturated rings. The lowest BCUT2D eigenvalue weighted by Crippen LogP contribution is -2.21. The van der Waals surface area contributed by atoms with E-state index in [4.69, 9.17) is 23.2 Å². The van der Waals surface area contributed by atoms with Gasteiger partial charge in [0.25, 0.3) is 0 Å². The molecule has 18 heavy (non-hydrogen) atoms. The Morgan fingerprint density at radius 3 is 2.61 bits per heavy atom. The number of nitrogens with one attached hydrogen (secondary N) is 1. The largest absolute Gasteiger partial charge is 0.306 e. The molecule has 2 rings (SSSR count). The van der Waals surface area contributed by atoms with Crippen molar-refractivity contribution in [2.75, 3.05) is 6.54 Å². The molecule has 0 aliphatic heterocycles. The smallest absolute Gasteiger partial charge is 0.0931 e. The van der Waals surface area contributed by atoms with E-state index in [0.717, 1.165) is 25.9 Å². The third-order valence-corrected chi connectivity index (χ3v) is 4.68. The second-order valence-corrected chi connectivity index (χ2v) is 6.87. The van der Waals surface area contributed by atoms with Crippen LogP contribution in [-0.4, -0.2) is 6.54 Å². The van der Waals surface area contributed by atoms with Crippen molar-refractivity contribution in [1.82, 2.24) is 5.32 Å². The van der Waals surface area contributed by atoms with E-state index < -0.39 is 0 Å². The summed E-state index contributed by atoms with van der Waals surface area (Å²) in [6.07, 6.45) is 0. The van der Waals surface area contributed by atoms with Crippen molar-refractivity contribution in [2.24, 2.45) is 0 Å². The van der Waals surface area contributed by atoms with Crippen LogP contribution in [0.15, 0.2) is 34.8 Å². The first-order valence-electron chi connectivity index (χ1n) is 5.55. The predicted molar refractivity (Wildman–Crippen MR) is 84.0 cm³/mol. The zero-order valence-corrected chi connectivity index (χ0v) is 13.6. The summed E-state index contributed by atoms with van der Waals surface area (Å²) in [5.74, 6) is 0. The van der Waals surface area contributed by atoms with Crippen molar-refractivity contribution < 1.29 is 0 Å². The molecule has 0 bridgehead atoms. The second kappa shape index (κ2) is 6.40. The van der Waals surface area contributed by atoms with Crippen molar-refractivity contribution in [1.29, 1.82) is 0 Å². The summed E-state index contributed by atoms with van der Waals surface area (Å²) < 4.78 is 1.77. The Labute approximate surface area is 129 Å². The third-order valence-electron chi connectivity index (χ3n) is 2.56. The van der Waals surface area contributed by atoms with Crippen molar-refractivity contribution >= 4 is 50.5 Å². The molecular formula is C13H12BrCl2NS. The molecule has 1 N–H and O–H groups in total. The van der Waals surface area contributed by atoms with Crippen LogP contribution in [0.25, 0.3) is 0 Å². The standard InChI is InChI=1S/C13H12BrCl2NS/c1-2-17-13(11-5-6-12(16)18-11)9-4-3-8(14)7-10(9)15/h3-7,13,17H,2H2,1H3. The minimum Gasteiger partial charge on any atom is -0.306 e. The molecule has 0 saturated heterocycles. The van der Waals surface area contributed by atoms with Gasteiger partial charge in [0.05, 0.1) is 10.4 Å². The first kappa shape index (κ1) is 14.4. The molecule has 1 atom stereocenters. The minimum absolute atomic E-state index is 0.0908. The van der Waals surface area contributed by atoms with Crippen LogP contribution >= 0.6 is 50.5 Å². The van der Waals surface area contributed by atoms with Gasteiger partial charge in [0.15, 0.2) is 0 Å². The normalized spacial score (nSPS) is 12.7. The lowest BCUT2D eigenvalue weighted by Gasteiger charge is -2.18. The topological polar surface area (TPSA) is 12.0 Å². The summed E-state index contributed by atoms with van der Waals surface area (Å²) in [5, 5.41) is 4.19. The highest BCUT2D eigenvalue weighted by molar-refractivity contribution is 9.10. The summed E-state index contributed by atoms with van der Waals surface area (Å²) >= 11 is 17.3.